The predicted molar refractivity (Wildman–Crippen MR) is 115 cm³/mol. The highest BCUT2D eigenvalue weighted by Gasteiger charge is 2.31. The van der Waals surface area contributed by atoms with Crippen molar-refractivity contribution in [2.75, 3.05) is 32.5 Å². The minimum atomic E-state index is -3.55. The van der Waals surface area contributed by atoms with Crippen molar-refractivity contribution in [1.82, 2.24) is 4.31 Å². The molecule has 0 spiro atoms. The molecule has 156 valence electrons. The molecule has 0 aliphatic carbocycles. The lowest BCUT2D eigenvalue weighted by molar-refractivity contribution is -0.885. The van der Waals surface area contributed by atoms with Gasteiger partial charge in [0.1, 0.15) is 0 Å². The maximum Gasteiger partial charge on any atom is 0.255 e. The summed E-state index contributed by atoms with van der Waals surface area (Å²) < 4.78 is 27.4. The van der Waals surface area contributed by atoms with Crippen LogP contribution in [-0.4, -0.2) is 51.9 Å². The Balaban J connectivity index is 1.67. The van der Waals surface area contributed by atoms with E-state index in [4.69, 9.17) is 0 Å². The molecule has 1 fully saturated rings. The summed E-state index contributed by atoms with van der Waals surface area (Å²) in [6, 6.07) is 13.9. The average Bonchev–Trinajstić information content (AvgIpc) is 2.74. The standard InChI is InChI=1S/C22H29N3O3S/c1-4-17-5-7-18(8-6-17)22(26)23-19-9-11-21(12-10-19)29(27,28)25(3)20-13-15-24(2)16-14-20/h5-12,20H,4,13-16H2,1-3H3,(H,23,26)/p+1. The summed E-state index contributed by atoms with van der Waals surface area (Å²) in [4.78, 5) is 14.1. The molecule has 0 bridgehead atoms. The number of carbonyl (C=O) groups excluding carboxylic acids is 1. The van der Waals surface area contributed by atoms with E-state index in [9.17, 15) is 13.2 Å². The van der Waals surface area contributed by atoms with Gasteiger partial charge >= 0.3 is 0 Å². The molecule has 1 aliphatic rings. The molecule has 0 unspecified atom stereocenters. The van der Waals surface area contributed by atoms with Gasteiger partial charge in [0.25, 0.3) is 5.91 Å². The van der Waals surface area contributed by atoms with Gasteiger partial charge in [0.05, 0.1) is 25.0 Å². The van der Waals surface area contributed by atoms with Crippen LogP contribution in [0.2, 0.25) is 0 Å². The van der Waals surface area contributed by atoms with Gasteiger partial charge in [0.15, 0.2) is 0 Å². The maximum absolute atomic E-state index is 13.0. The van der Waals surface area contributed by atoms with Crippen LogP contribution in [0.4, 0.5) is 5.69 Å². The van der Waals surface area contributed by atoms with Crippen LogP contribution >= 0.6 is 0 Å². The fourth-order valence-corrected chi connectivity index (χ4v) is 5.04. The van der Waals surface area contributed by atoms with Crippen LogP contribution in [0, 0.1) is 0 Å². The van der Waals surface area contributed by atoms with E-state index in [1.807, 2.05) is 12.1 Å². The highest BCUT2D eigenvalue weighted by Crippen LogP contribution is 2.22. The van der Waals surface area contributed by atoms with Crippen molar-refractivity contribution in [3.8, 4) is 0 Å². The first kappa shape index (κ1) is 21.5. The number of benzene rings is 2. The van der Waals surface area contributed by atoms with Crippen LogP contribution < -0.4 is 10.2 Å². The van der Waals surface area contributed by atoms with E-state index in [0.29, 0.717) is 11.3 Å². The normalized spacial score (nSPS) is 19.9. The smallest absolute Gasteiger partial charge is 0.255 e. The van der Waals surface area contributed by atoms with E-state index in [1.165, 1.54) is 14.8 Å². The molecule has 0 radical (unpaired) electrons. The number of rotatable bonds is 6. The van der Waals surface area contributed by atoms with Crippen LogP contribution in [0.3, 0.4) is 0 Å². The summed E-state index contributed by atoms with van der Waals surface area (Å²) in [5.41, 5.74) is 2.31. The quantitative estimate of drug-likeness (QED) is 0.754. The Bertz CT molecular complexity index is 932. The number of amides is 1. The highest BCUT2D eigenvalue weighted by atomic mass is 32.2. The number of anilines is 1. The molecule has 2 N–H and O–H groups in total. The molecule has 29 heavy (non-hydrogen) atoms. The SMILES string of the molecule is CCc1ccc(C(=O)Nc2ccc(S(=O)(=O)N(C)C3CC[NH+](C)CC3)cc2)cc1. The molecular weight excluding hydrogens is 386 g/mol. The fraction of sp³-hybridized carbons (Fsp3) is 0.409. The number of nitrogens with one attached hydrogen (secondary N) is 2. The fourth-order valence-electron chi connectivity index (χ4n) is 3.63. The summed E-state index contributed by atoms with van der Waals surface area (Å²) in [7, 11) is 0.248. The van der Waals surface area contributed by atoms with Crippen LogP contribution in [-0.2, 0) is 16.4 Å². The van der Waals surface area contributed by atoms with Crippen molar-refractivity contribution in [2.24, 2.45) is 0 Å². The van der Waals surface area contributed by atoms with Crippen molar-refractivity contribution >= 4 is 21.6 Å². The van der Waals surface area contributed by atoms with Gasteiger partial charge in [-0.05, 0) is 48.4 Å². The molecule has 0 aromatic heterocycles. The number of hydrogen-bond acceptors (Lipinski definition) is 3. The van der Waals surface area contributed by atoms with E-state index < -0.39 is 10.0 Å². The van der Waals surface area contributed by atoms with Gasteiger partial charge in [0.2, 0.25) is 10.0 Å². The van der Waals surface area contributed by atoms with Crippen molar-refractivity contribution in [2.45, 2.75) is 37.1 Å². The Kier molecular flexibility index (Phi) is 6.72. The molecular formula is C22H30N3O3S+. The number of quaternary nitrogens is 1. The second-order valence-corrected chi connectivity index (χ2v) is 9.74. The van der Waals surface area contributed by atoms with E-state index in [-0.39, 0.29) is 16.8 Å². The van der Waals surface area contributed by atoms with E-state index in [2.05, 4.69) is 19.3 Å². The largest absolute Gasteiger partial charge is 0.337 e. The number of likely N-dealkylation sites (tertiary alicyclic amines) is 1. The predicted octanol–water partition coefficient (Wildman–Crippen LogP) is 1.80. The zero-order valence-corrected chi connectivity index (χ0v) is 18.1. The molecule has 1 saturated heterocycles. The summed E-state index contributed by atoms with van der Waals surface area (Å²) in [6.07, 6.45) is 2.66. The Hall–Kier alpha value is -2.22. The molecule has 1 aliphatic heterocycles. The highest BCUT2D eigenvalue weighted by molar-refractivity contribution is 7.89. The number of piperidine rings is 1. The van der Waals surface area contributed by atoms with Gasteiger partial charge in [-0.3, -0.25) is 4.79 Å². The van der Waals surface area contributed by atoms with Crippen molar-refractivity contribution < 1.29 is 18.1 Å². The second kappa shape index (κ2) is 9.07. The van der Waals surface area contributed by atoms with Gasteiger partial charge in [-0.2, -0.15) is 4.31 Å². The van der Waals surface area contributed by atoms with Gasteiger partial charge in [-0.15, -0.1) is 0 Å². The zero-order valence-electron chi connectivity index (χ0n) is 17.3. The third kappa shape index (κ3) is 5.04. The minimum absolute atomic E-state index is 0.0363. The van der Waals surface area contributed by atoms with Crippen molar-refractivity contribution in [1.29, 1.82) is 0 Å². The molecule has 2 aromatic rings. The number of sulfonamides is 1. The Morgan fingerprint density at radius 3 is 2.21 bits per heavy atom. The Morgan fingerprint density at radius 2 is 1.66 bits per heavy atom. The first-order valence-corrected chi connectivity index (χ1v) is 11.5. The Morgan fingerprint density at radius 1 is 1.07 bits per heavy atom. The third-order valence-corrected chi connectivity index (χ3v) is 7.66. The van der Waals surface area contributed by atoms with Gasteiger partial charge in [-0.1, -0.05) is 19.1 Å². The van der Waals surface area contributed by atoms with Crippen LogP contribution in [0.5, 0.6) is 0 Å². The third-order valence-electron chi connectivity index (χ3n) is 5.74. The lowest BCUT2D eigenvalue weighted by Crippen LogP contribution is -3.10. The van der Waals surface area contributed by atoms with Gasteiger partial charge in [0, 0.05) is 37.2 Å². The number of hydrogen-bond donors (Lipinski definition) is 2. The minimum Gasteiger partial charge on any atom is -0.337 e. The summed E-state index contributed by atoms with van der Waals surface area (Å²) in [6.45, 7) is 4.03. The average molecular weight is 417 g/mol. The molecule has 1 amide bonds. The molecule has 0 saturated carbocycles. The van der Waals surface area contributed by atoms with Crippen molar-refractivity contribution in [3.05, 3.63) is 59.7 Å². The zero-order chi connectivity index (χ0) is 21.0. The molecule has 0 atom stereocenters. The van der Waals surface area contributed by atoms with Crippen molar-refractivity contribution in [3.63, 3.8) is 0 Å². The summed E-state index contributed by atoms with van der Waals surface area (Å²) >= 11 is 0. The first-order valence-electron chi connectivity index (χ1n) is 10.1. The molecule has 6 nitrogen and oxygen atoms in total. The lowest BCUT2D eigenvalue weighted by Gasteiger charge is -2.32. The van der Waals surface area contributed by atoms with Crippen LogP contribution in [0.1, 0.15) is 35.7 Å². The second-order valence-electron chi connectivity index (χ2n) is 7.74. The van der Waals surface area contributed by atoms with Gasteiger partial charge in [-0.25, -0.2) is 8.42 Å². The van der Waals surface area contributed by atoms with E-state index in [1.54, 1.807) is 43.4 Å². The summed E-state index contributed by atoms with van der Waals surface area (Å²) in [5.74, 6) is -0.214. The lowest BCUT2D eigenvalue weighted by atomic mass is 10.1. The molecule has 7 heteroatoms. The van der Waals surface area contributed by atoms with Crippen LogP contribution in [0.15, 0.2) is 53.4 Å². The summed E-state index contributed by atoms with van der Waals surface area (Å²) in [5, 5.41) is 2.82. The van der Waals surface area contributed by atoms with E-state index in [0.717, 1.165) is 32.4 Å². The first-order chi connectivity index (χ1) is 13.8. The van der Waals surface area contributed by atoms with E-state index >= 15 is 0 Å². The molecule has 3 rings (SSSR count). The van der Waals surface area contributed by atoms with Gasteiger partial charge < -0.3 is 10.2 Å². The molecule has 1 heterocycles. The van der Waals surface area contributed by atoms with Crippen LogP contribution in [0.25, 0.3) is 0 Å². The maximum atomic E-state index is 13.0. The number of aryl methyl sites for hydroxylation is 1. The Labute approximate surface area is 173 Å². The monoisotopic (exact) mass is 416 g/mol. The number of nitrogens with zero attached hydrogens (tertiary/aromatic N) is 1. The number of carbonyl (C=O) groups is 1. The topological polar surface area (TPSA) is 70.9 Å². The molecule has 2 aromatic carbocycles.